The summed E-state index contributed by atoms with van der Waals surface area (Å²) in [6.45, 7) is 0.109. The van der Waals surface area contributed by atoms with Gasteiger partial charge in [0.05, 0.1) is 5.56 Å². The lowest BCUT2D eigenvalue weighted by Gasteiger charge is -2.04. The van der Waals surface area contributed by atoms with Gasteiger partial charge < -0.3 is 14.8 Å². The minimum atomic E-state index is -1.16. The second-order valence-electron chi connectivity index (χ2n) is 3.63. The summed E-state index contributed by atoms with van der Waals surface area (Å²) < 4.78 is 5.03. The molecule has 5 nitrogen and oxygen atoms in total. The minimum absolute atomic E-state index is 0.0431. The molecule has 0 atom stereocenters. The molecular weight excluding hydrogens is 234 g/mol. The van der Waals surface area contributed by atoms with Crippen molar-refractivity contribution in [1.29, 1.82) is 0 Å². The van der Waals surface area contributed by atoms with Crippen LogP contribution in [0.4, 0.5) is 0 Å². The number of aromatic carboxylic acids is 1. The third-order valence-corrected chi connectivity index (χ3v) is 2.39. The Bertz CT molecular complexity index is 559. The first-order chi connectivity index (χ1) is 8.68. The second kappa shape index (κ2) is 5.18. The fourth-order valence-electron chi connectivity index (χ4n) is 1.51. The maximum absolute atomic E-state index is 11.7. The van der Waals surface area contributed by atoms with Crippen LogP contribution in [0.3, 0.4) is 0 Å². The lowest BCUT2D eigenvalue weighted by molar-refractivity contribution is 0.0457. The highest BCUT2D eigenvalue weighted by Crippen LogP contribution is 2.10. The molecule has 0 aliphatic rings. The van der Waals surface area contributed by atoms with Crippen molar-refractivity contribution in [3.8, 4) is 0 Å². The van der Waals surface area contributed by atoms with Crippen molar-refractivity contribution in [1.82, 2.24) is 4.98 Å². The summed E-state index contributed by atoms with van der Waals surface area (Å²) in [5, 5.41) is 8.86. The number of aromatic amines is 1. The predicted octanol–water partition coefficient (Wildman–Crippen LogP) is 2.07. The molecule has 1 aromatic carbocycles. The number of carbonyl (C=O) groups excluding carboxylic acids is 1. The molecule has 0 unspecified atom stereocenters. The molecule has 0 saturated carbocycles. The van der Waals surface area contributed by atoms with Crippen molar-refractivity contribution in [3.63, 3.8) is 0 Å². The average molecular weight is 245 g/mol. The number of ether oxygens (including phenoxy) is 1. The van der Waals surface area contributed by atoms with Crippen LogP contribution in [-0.2, 0) is 11.3 Å². The van der Waals surface area contributed by atoms with E-state index in [1.165, 1.54) is 12.3 Å². The van der Waals surface area contributed by atoms with E-state index in [1.807, 2.05) is 30.3 Å². The molecular formula is C13H11NO4. The van der Waals surface area contributed by atoms with E-state index in [1.54, 1.807) is 0 Å². The predicted molar refractivity (Wildman–Crippen MR) is 63.3 cm³/mol. The van der Waals surface area contributed by atoms with Crippen molar-refractivity contribution < 1.29 is 19.4 Å². The number of hydrogen-bond donors (Lipinski definition) is 2. The molecule has 2 rings (SSSR count). The van der Waals surface area contributed by atoms with Crippen molar-refractivity contribution in [2.45, 2.75) is 6.61 Å². The molecule has 2 N–H and O–H groups in total. The smallest absolute Gasteiger partial charge is 0.355 e. The summed E-state index contributed by atoms with van der Waals surface area (Å²) in [5.74, 6) is -1.84. The topological polar surface area (TPSA) is 79.4 Å². The van der Waals surface area contributed by atoms with E-state index in [0.717, 1.165) is 5.56 Å². The van der Waals surface area contributed by atoms with Gasteiger partial charge in [0.2, 0.25) is 0 Å². The van der Waals surface area contributed by atoms with Crippen molar-refractivity contribution in [3.05, 3.63) is 59.4 Å². The molecule has 2 aromatic rings. The van der Waals surface area contributed by atoms with Gasteiger partial charge in [0, 0.05) is 6.20 Å². The summed E-state index contributed by atoms with van der Waals surface area (Å²) in [6.07, 6.45) is 1.39. The highest BCUT2D eigenvalue weighted by molar-refractivity contribution is 6.01. The molecule has 1 heterocycles. The van der Waals surface area contributed by atoms with E-state index in [-0.39, 0.29) is 17.9 Å². The summed E-state index contributed by atoms with van der Waals surface area (Å²) in [6, 6.07) is 10.5. The highest BCUT2D eigenvalue weighted by atomic mass is 16.5. The Morgan fingerprint density at radius 1 is 1.17 bits per heavy atom. The number of carboxylic acid groups (broad SMARTS) is 1. The second-order valence-corrected chi connectivity index (χ2v) is 3.63. The number of rotatable bonds is 4. The highest BCUT2D eigenvalue weighted by Gasteiger charge is 2.18. The molecule has 0 saturated heterocycles. The number of esters is 1. The number of benzene rings is 1. The SMILES string of the molecule is O=C(O)c1cc[nH]c1C(=O)OCc1ccccc1. The molecule has 0 fully saturated rings. The van der Waals surface area contributed by atoms with Gasteiger partial charge in [-0.25, -0.2) is 9.59 Å². The van der Waals surface area contributed by atoms with Crippen molar-refractivity contribution >= 4 is 11.9 Å². The van der Waals surface area contributed by atoms with Crippen LogP contribution >= 0.6 is 0 Å². The van der Waals surface area contributed by atoms with Crippen molar-refractivity contribution in [2.75, 3.05) is 0 Å². The van der Waals surface area contributed by atoms with Gasteiger partial charge in [0.25, 0.3) is 0 Å². The van der Waals surface area contributed by atoms with Crippen LogP contribution in [0.25, 0.3) is 0 Å². The maximum Gasteiger partial charge on any atom is 0.355 e. The van der Waals surface area contributed by atoms with Crippen LogP contribution < -0.4 is 0 Å². The molecule has 5 heteroatoms. The van der Waals surface area contributed by atoms with Gasteiger partial charge in [-0.2, -0.15) is 0 Å². The third kappa shape index (κ3) is 2.57. The Kier molecular flexibility index (Phi) is 3.43. The number of carbonyl (C=O) groups is 2. The Balaban J connectivity index is 2.04. The van der Waals surface area contributed by atoms with E-state index in [9.17, 15) is 9.59 Å². The number of H-pyrrole nitrogens is 1. The van der Waals surface area contributed by atoms with E-state index < -0.39 is 11.9 Å². The van der Waals surface area contributed by atoms with E-state index in [2.05, 4.69) is 4.98 Å². The molecule has 0 aliphatic heterocycles. The lowest BCUT2D eigenvalue weighted by Crippen LogP contribution is -2.10. The first-order valence-electron chi connectivity index (χ1n) is 5.30. The number of nitrogens with one attached hydrogen (secondary N) is 1. The van der Waals surface area contributed by atoms with Crippen LogP contribution in [0, 0.1) is 0 Å². The Labute approximate surface area is 103 Å². The zero-order valence-electron chi connectivity index (χ0n) is 9.42. The van der Waals surface area contributed by atoms with Gasteiger partial charge in [-0.1, -0.05) is 30.3 Å². The van der Waals surface area contributed by atoms with Gasteiger partial charge in [0.1, 0.15) is 12.3 Å². The number of aromatic nitrogens is 1. The van der Waals surface area contributed by atoms with E-state index in [4.69, 9.17) is 9.84 Å². The molecule has 0 radical (unpaired) electrons. The largest absolute Gasteiger partial charge is 0.478 e. The molecule has 0 spiro atoms. The van der Waals surface area contributed by atoms with E-state index in [0.29, 0.717) is 0 Å². The lowest BCUT2D eigenvalue weighted by atomic mass is 10.2. The number of carboxylic acids is 1. The zero-order chi connectivity index (χ0) is 13.0. The van der Waals surface area contributed by atoms with Gasteiger partial charge in [-0.15, -0.1) is 0 Å². The maximum atomic E-state index is 11.7. The first-order valence-corrected chi connectivity index (χ1v) is 5.30. The zero-order valence-corrected chi connectivity index (χ0v) is 9.42. The molecule has 1 aromatic heterocycles. The van der Waals surface area contributed by atoms with Gasteiger partial charge in [-0.3, -0.25) is 0 Å². The van der Waals surface area contributed by atoms with Crippen LogP contribution in [0.5, 0.6) is 0 Å². The van der Waals surface area contributed by atoms with Gasteiger partial charge in [-0.05, 0) is 11.6 Å². The first kappa shape index (κ1) is 11.9. The molecule has 0 aliphatic carbocycles. The number of hydrogen-bond acceptors (Lipinski definition) is 3. The van der Waals surface area contributed by atoms with Crippen LogP contribution in [0.15, 0.2) is 42.6 Å². The average Bonchev–Trinajstić information content (AvgIpc) is 2.86. The van der Waals surface area contributed by atoms with Crippen molar-refractivity contribution in [2.24, 2.45) is 0 Å². The van der Waals surface area contributed by atoms with Crippen LogP contribution in [-0.4, -0.2) is 22.0 Å². The molecule has 0 amide bonds. The molecule has 92 valence electrons. The van der Waals surface area contributed by atoms with Crippen LogP contribution in [0.1, 0.15) is 26.4 Å². The normalized spacial score (nSPS) is 10.0. The van der Waals surface area contributed by atoms with Crippen LogP contribution in [0.2, 0.25) is 0 Å². The fourth-order valence-corrected chi connectivity index (χ4v) is 1.51. The summed E-state index contributed by atoms with van der Waals surface area (Å²) >= 11 is 0. The summed E-state index contributed by atoms with van der Waals surface area (Å²) in [7, 11) is 0. The Hall–Kier alpha value is -2.56. The van der Waals surface area contributed by atoms with Gasteiger partial charge >= 0.3 is 11.9 Å². The summed E-state index contributed by atoms with van der Waals surface area (Å²) in [5.41, 5.74) is 0.709. The standard InChI is InChI=1S/C13H11NO4/c15-12(16)10-6-7-14-11(10)13(17)18-8-9-4-2-1-3-5-9/h1-7,14H,8H2,(H,15,16). The molecule has 18 heavy (non-hydrogen) atoms. The Morgan fingerprint density at radius 3 is 2.56 bits per heavy atom. The van der Waals surface area contributed by atoms with E-state index >= 15 is 0 Å². The van der Waals surface area contributed by atoms with Gasteiger partial charge in [0.15, 0.2) is 0 Å². The summed E-state index contributed by atoms with van der Waals surface area (Å²) in [4.78, 5) is 25.1. The monoisotopic (exact) mass is 245 g/mol. The minimum Gasteiger partial charge on any atom is -0.478 e. The fraction of sp³-hybridized carbons (Fsp3) is 0.0769. The third-order valence-electron chi connectivity index (χ3n) is 2.39. The quantitative estimate of drug-likeness (QED) is 0.808. The molecule has 0 bridgehead atoms. The Morgan fingerprint density at radius 2 is 1.89 bits per heavy atom.